The Kier molecular flexibility index (Phi) is 9.24. The molecule has 0 aliphatic carbocycles. The lowest BCUT2D eigenvalue weighted by Gasteiger charge is -2.32. The van der Waals surface area contributed by atoms with Gasteiger partial charge in [-0.1, -0.05) is 25.5 Å². The number of anilines is 2. The van der Waals surface area contributed by atoms with E-state index >= 15 is 0 Å². The topological polar surface area (TPSA) is 126 Å². The van der Waals surface area contributed by atoms with Crippen molar-refractivity contribution in [3.8, 4) is 10.4 Å². The van der Waals surface area contributed by atoms with E-state index in [0.717, 1.165) is 54.9 Å². The van der Waals surface area contributed by atoms with E-state index < -0.39 is 6.03 Å². The minimum absolute atomic E-state index is 0.209. The van der Waals surface area contributed by atoms with Crippen molar-refractivity contribution in [1.82, 2.24) is 10.2 Å². The molecule has 37 heavy (non-hydrogen) atoms. The second-order valence-electron chi connectivity index (χ2n) is 9.22. The number of primary amides is 1. The molecule has 2 fully saturated rings. The van der Waals surface area contributed by atoms with Crippen LogP contribution in [0.4, 0.5) is 21.0 Å². The number of urea groups is 1. The molecule has 1 aromatic heterocycles. The van der Waals surface area contributed by atoms with E-state index in [1.165, 1.54) is 11.3 Å². The Bertz CT molecular complexity index is 1080. The van der Waals surface area contributed by atoms with Gasteiger partial charge >= 0.3 is 12.1 Å². The minimum Gasteiger partial charge on any atom is -0.449 e. The first-order valence-corrected chi connectivity index (χ1v) is 13.6. The van der Waals surface area contributed by atoms with Crippen LogP contribution < -0.4 is 21.3 Å². The zero-order valence-corrected chi connectivity index (χ0v) is 22.0. The fourth-order valence-corrected chi connectivity index (χ4v) is 5.51. The number of likely N-dealkylation sites (tertiary alicyclic amines) is 1. The first-order valence-electron chi connectivity index (χ1n) is 12.8. The van der Waals surface area contributed by atoms with Crippen LogP contribution in [0.5, 0.6) is 0 Å². The van der Waals surface area contributed by atoms with E-state index in [1.54, 1.807) is 11.0 Å². The molecule has 0 unspecified atom stereocenters. The number of carbonyl (C=O) groups excluding carboxylic acids is 3. The van der Waals surface area contributed by atoms with Crippen LogP contribution in [0.15, 0.2) is 30.3 Å². The molecule has 0 saturated carbocycles. The van der Waals surface area contributed by atoms with Gasteiger partial charge in [0.15, 0.2) is 0 Å². The van der Waals surface area contributed by atoms with E-state index in [2.05, 4.69) is 27.7 Å². The number of hydrogen-bond donors (Lipinski definition) is 3. The summed E-state index contributed by atoms with van der Waals surface area (Å²) >= 11 is 1.29. The molecule has 10 nitrogen and oxygen atoms in total. The quantitative estimate of drug-likeness (QED) is 0.446. The van der Waals surface area contributed by atoms with Gasteiger partial charge in [0.2, 0.25) is 0 Å². The molecule has 4 N–H and O–H groups in total. The maximum Gasteiger partial charge on any atom is 0.409 e. The smallest absolute Gasteiger partial charge is 0.409 e. The molecule has 3 heterocycles. The Labute approximate surface area is 221 Å². The molecule has 4 rings (SSSR count). The second kappa shape index (κ2) is 12.8. The van der Waals surface area contributed by atoms with Crippen molar-refractivity contribution in [3.63, 3.8) is 0 Å². The maximum atomic E-state index is 13.3. The average molecular weight is 530 g/mol. The highest BCUT2D eigenvalue weighted by Crippen LogP contribution is 2.36. The molecule has 1 aromatic carbocycles. The summed E-state index contributed by atoms with van der Waals surface area (Å²) in [4.78, 5) is 42.4. The van der Waals surface area contributed by atoms with Crippen LogP contribution in [0.1, 0.15) is 42.3 Å². The molecule has 2 aliphatic rings. The van der Waals surface area contributed by atoms with Crippen LogP contribution in [0.2, 0.25) is 0 Å². The number of thiophene rings is 1. The largest absolute Gasteiger partial charge is 0.449 e. The monoisotopic (exact) mass is 529 g/mol. The number of rotatable bonds is 8. The number of benzene rings is 1. The molecule has 11 heteroatoms. The van der Waals surface area contributed by atoms with Gasteiger partial charge in [0.05, 0.1) is 25.5 Å². The molecule has 0 radical (unpaired) electrons. The number of hydrogen-bond acceptors (Lipinski definition) is 7. The molecule has 2 aliphatic heterocycles. The van der Waals surface area contributed by atoms with Crippen LogP contribution >= 0.6 is 11.3 Å². The lowest BCUT2D eigenvalue weighted by atomic mass is 10.1. The van der Waals surface area contributed by atoms with Gasteiger partial charge in [-0.15, -0.1) is 11.3 Å². The Morgan fingerprint density at radius 2 is 1.92 bits per heavy atom. The molecule has 2 aromatic rings. The highest BCUT2D eigenvalue weighted by molar-refractivity contribution is 7.18. The summed E-state index contributed by atoms with van der Waals surface area (Å²) in [7, 11) is 0. The van der Waals surface area contributed by atoms with Crippen LogP contribution in [0, 0.1) is 0 Å². The summed E-state index contributed by atoms with van der Waals surface area (Å²) in [6.45, 7) is 6.56. The second-order valence-corrected chi connectivity index (χ2v) is 10.3. The van der Waals surface area contributed by atoms with Gasteiger partial charge in [-0.2, -0.15) is 0 Å². The molecule has 200 valence electrons. The number of amides is 4. The molecular formula is C26H35N5O5S. The normalized spacial score (nSPS) is 17.8. The van der Waals surface area contributed by atoms with Crippen molar-refractivity contribution in [2.45, 2.75) is 38.6 Å². The van der Waals surface area contributed by atoms with Crippen molar-refractivity contribution >= 4 is 40.7 Å². The zero-order chi connectivity index (χ0) is 26.2. The lowest BCUT2D eigenvalue weighted by Crippen LogP contribution is -2.49. The summed E-state index contributed by atoms with van der Waals surface area (Å²) in [5.41, 5.74) is 7.80. The average Bonchev–Trinajstić information content (AvgIpc) is 3.33. The summed E-state index contributed by atoms with van der Waals surface area (Å²) in [6, 6.07) is 8.95. The Morgan fingerprint density at radius 3 is 2.62 bits per heavy atom. The number of nitrogens with two attached hydrogens (primary N) is 1. The van der Waals surface area contributed by atoms with Crippen molar-refractivity contribution in [2.75, 3.05) is 56.2 Å². The van der Waals surface area contributed by atoms with E-state index in [0.29, 0.717) is 43.5 Å². The maximum absolute atomic E-state index is 13.3. The van der Waals surface area contributed by atoms with Crippen LogP contribution in [0.25, 0.3) is 10.4 Å². The summed E-state index contributed by atoms with van der Waals surface area (Å²) in [5.74, 6) is -0.309. The highest BCUT2D eigenvalue weighted by atomic mass is 32.1. The van der Waals surface area contributed by atoms with Gasteiger partial charge in [-0.05, 0) is 43.0 Å². The standard InChI is InChI=1S/C26H35N5O5S/c1-2-3-13-36-26(34)31-10-4-5-19(17-31)28-24(32)23-21(29-25(27)33)16-22(37-23)18-6-8-20(9-7-18)30-11-14-35-15-12-30/h6-9,16,19H,2-5,10-15,17H2,1H3,(H,28,32)(H3,27,29,33)/t19-/m0/s1. The third kappa shape index (κ3) is 7.14. The van der Waals surface area contributed by atoms with E-state index in [9.17, 15) is 14.4 Å². The van der Waals surface area contributed by atoms with Crippen molar-refractivity contribution in [1.29, 1.82) is 0 Å². The lowest BCUT2D eigenvalue weighted by molar-refractivity contribution is 0.0798. The number of nitrogens with zero attached hydrogens (tertiary/aromatic N) is 2. The van der Waals surface area contributed by atoms with Gasteiger partial charge in [0.1, 0.15) is 4.88 Å². The van der Waals surface area contributed by atoms with E-state index in [-0.39, 0.29) is 18.0 Å². The molecular weight excluding hydrogens is 494 g/mol. The van der Waals surface area contributed by atoms with Gasteiger partial charge in [-0.3, -0.25) is 4.79 Å². The number of piperidine rings is 1. The SMILES string of the molecule is CCCCOC(=O)N1CCC[C@H](NC(=O)c2sc(-c3ccc(N4CCOCC4)cc3)cc2NC(N)=O)C1. The molecule has 0 bridgehead atoms. The molecule has 1 atom stereocenters. The summed E-state index contributed by atoms with van der Waals surface area (Å²) in [5, 5.41) is 5.61. The molecule has 2 saturated heterocycles. The number of unbranched alkanes of at least 4 members (excludes halogenated alkanes) is 1. The third-order valence-electron chi connectivity index (χ3n) is 6.46. The predicted molar refractivity (Wildman–Crippen MR) is 144 cm³/mol. The number of nitrogens with one attached hydrogen (secondary N) is 2. The van der Waals surface area contributed by atoms with Crippen LogP contribution in [-0.2, 0) is 9.47 Å². The summed E-state index contributed by atoms with van der Waals surface area (Å²) in [6.07, 6.45) is 2.96. The van der Waals surface area contributed by atoms with Gasteiger partial charge in [-0.25, -0.2) is 9.59 Å². The highest BCUT2D eigenvalue weighted by Gasteiger charge is 2.27. The Balaban J connectivity index is 1.45. The van der Waals surface area contributed by atoms with E-state index in [1.807, 2.05) is 19.1 Å². The van der Waals surface area contributed by atoms with Gasteiger partial charge in [0.25, 0.3) is 5.91 Å². The zero-order valence-electron chi connectivity index (χ0n) is 21.2. The van der Waals surface area contributed by atoms with Crippen molar-refractivity contribution in [3.05, 3.63) is 35.2 Å². The Hall–Kier alpha value is -3.31. The van der Waals surface area contributed by atoms with Gasteiger partial charge < -0.3 is 35.6 Å². The molecule has 0 spiro atoms. The number of carbonyl (C=O) groups is 3. The Morgan fingerprint density at radius 1 is 1.16 bits per heavy atom. The number of morpholine rings is 1. The van der Waals surface area contributed by atoms with Crippen LogP contribution in [0.3, 0.4) is 0 Å². The van der Waals surface area contributed by atoms with Gasteiger partial charge in [0, 0.05) is 42.8 Å². The summed E-state index contributed by atoms with van der Waals surface area (Å²) < 4.78 is 10.8. The van der Waals surface area contributed by atoms with E-state index in [4.69, 9.17) is 15.2 Å². The first kappa shape index (κ1) is 26.7. The predicted octanol–water partition coefficient (Wildman–Crippen LogP) is 3.87. The fraction of sp³-hybridized carbons (Fsp3) is 0.500. The third-order valence-corrected chi connectivity index (χ3v) is 7.65. The molecule has 4 amide bonds. The van der Waals surface area contributed by atoms with Crippen molar-refractivity contribution < 1.29 is 23.9 Å². The fourth-order valence-electron chi connectivity index (χ4n) is 4.49. The number of ether oxygens (including phenoxy) is 2. The first-order chi connectivity index (χ1) is 17.9. The van der Waals surface area contributed by atoms with Crippen molar-refractivity contribution in [2.24, 2.45) is 5.73 Å². The minimum atomic E-state index is -0.736. The van der Waals surface area contributed by atoms with Crippen LogP contribution in [-0.4, -0.2) is 75.0 Å².